The van der Waals surface area contributed by atoms with Gasteiger partial charge in [0.05, 0.1) is 6.54 Å². The van der Waals surface area contributed by atoms with E-state index in [0.29, 0.717) is 4.90 Å². The van der Waals surface area contributed by atoms with E-state index in [9.17, 15) is 37.5 Å². The molecule has 2 aliphatic heterocycles. The fourth-order valence-corrected chi connectivity index (χ4v) is 4.00. The monoisotopic (exact) mass is 507 g/mol. The Morgan fingerprint density at radius 3 is 2.26 bits per heavy atom. The molecule has 1 aromatic rings. The number of phenolic OH excluding ortho intramolecular Hbond substituents is 1. The number of β-lactam (4-membered cyclic amide) rings is 1. The summed E-state index contributed by atoms with van der Waals surface area (Å²) in [5.41, 5.74) is 0.169. The van der Waals surface area contributed by atoms with Crippen molar-refractivity contribution in [3.05, 3.63) is 29.8 Å². The van der Waals surface area contributed by atoms with Crippen LogP contribution in [0.2, 0.25) is 0 Å². The Kier molecular flexibility index (Phi) is 8.65. The maximum absolute atomic E-state index is 12.8. The second kappa shape index (κ2) is 10.7. The first-order chi connectivity index (χ1) is 15.4. The van der Waals surface area contributed by atoms with Gasteiger partial charge >= 0.3 is 57.7 Å². The van der Waals surface area contributed by atoms with Gasteiger partial charge < -0.3 is 20.6 Å². The van der Waals surface area contributed by atoms with E-state index in [1.165, 1.54) is 29.2 Å². The van der Waals surface area contributed by atoms with E-state index >= 15 is 0 Å². The topological polar surface area (TPSA) is 194 Å². The van der Waals surface area contributed by atoms with Crippen molar-refractivity contribution < 1.29 is 42.0 Å². The van der Waals surface area contributed by atoms with E-state index in [1.54, 1.807) is 6.92 Å². The molecule has 2 fully saturated rings. The SMILES string of the molecule is CCN1CCN(C(=O)NC(C(=O)NC2CN(S(=O)(=O)O)C2=O)c2ccc(O)cc2)C(=O)C1=O.[NaH]. The molecule has 2 aliphatic rings. The average molecular weight is 507 g/mol. The van der Waals surface area contributed by atoms with Crippen molar-refractivity contribution in [2.75, 3.05) is 26.2 Å². The Bertz CT molecular complexity index is 1110. The van der Waals surface area contributed by atoms with Crippen LogP contribution in [0.15, 0.2) is 24.3 Å². The van der Waals surface area contributed by atoms with E-state index < -0.39 is 58.6 Å². The minimum absolute atomic E-state index is 0. The molecule has 6 amide bonds. The van der Waals surface area contributed by atoms with Crippen LogP contribution in [-0.4, -0.2) is 124 Å². The average Bonchev–Trinajstić information content (AvgIpc) is 2.75. The third-order valence-electron chi connectivity index (χ3n) is 5.18. The Hall–Kier alpha value is -2.72. The number of likely N-dealkylation sites (N-methyl/N-ethyl adjacent to an activating group) is 1. The molecule has 1 aromatic carbocycles. The number of phenols is 1. The van der Waals surface area contributed by atoms with Gasteiger partial charge in [-0.15, -0.1) is 0 Å². The van der Waals surface area contributed by atoms with Crippen LogP contribution in [0.25, 0.3) is 0 Å². The zero-order chi connectivity index (χ0) is 24.5. The molecule has 0 spiro atoms. The van der Waals surface area contributed by atoms with Gasteiger partial charge in [-0.2, -0.15) is 8.42 Å². The molecule has 2 heterocycles. The van der Waals surface area contributed by atoms with Crippen molar-refractivity contribution in [2.24, 2.45) is 0 Å². The molecule has 14 nitrogen and oxygen atoms in total. The predicted octanol–water partition coefficient (Wildman–Crippen LogP) is -2.69. The molecule has 2 saturated heterocycles. The molecule has 2 atom stereocenters. The van der Waals surface area contributed by atoms with Crippen LogP contribution >= 0.6 is 0 Å². The summed E-state index contributed by atoms with van der Waals surface area (Å²) < 4.78 is 31.2. The molecule has 0 radical (unpaired) electrons. The van der Waals surface area contributed by atoms with Crippen molar-refractivity contribution >= 4 is 69.5 Å². The van der Waals surface area contributed by atoms with E-state index in [1.807, 2.05) is 0 Å². The first-order valence-electron chi connectivity index (χ1n) is 9.73. The van der Waals surface area contributed by atoms with Crippen LogP contribution < -0.4 is 10.6 Å². The van der Waals surface area contributed by atoms with Crippen molar-refractivity contribution in [1.82, 2.24) is 24.7 Å². The zero-order valence-electron chi connectivity index (χ0n) is 17.3. The second-order valence-corrected chi connectivity index (χ2v) is 8.56. The number of nitrogens with zero attached hydrogens (tertiary/aromatic N) is 3. The maximum atomic E-state index is 12.8. The molecule has 2 unspecified atom stereocenters. The standard InChI is InChI=1S/C18H21N5O9S.Na.H/c1-2-21-7-8-22(17(28)16(21)27)18(29)20-13(10-3-5-11(24)6-4-10)14(25)19-12-9-23(15(12)26)33(30,31)32;;/h3-6,12-13,24H,2,7-9H2,1H3,(H,19,25)(H,20,29)(H,30,31,32);;. The number of urea groups is 1. The quantitative estimate of drug-likeness (QED) is 0.137. The normalized spacial score (nSPS) is 19.2. The molecule has 0 bridgehead atoms. The van der Waals surface area contributed by atoms with Crippen LogP contribution in [0.5, 0.6) is 5.75 Å². The summed E-state index contributed by atoms with van der Waals surface area (Å²) in [6.45, 7) is 1.47. The van der Waals surface area contributed by atoms with Crippen LogP contribution in [-0.2, 0) is 29.5 Å². The number of nitrogens with one attached hydrogen (secondary N) is 2. The fourth-order valence-electron chi connectivity index (χ4n) is 3.30. The molecule has 0 aromatic heterocycles. The first kappa shape index (κ1) is 27.5. The Balaban J connectivity index is 0.00000408. The number of piperazine rings is 1. The summed E-state index contributed by atoms with van der Waals surface area (Å²) in [6.07, 6.45) is 0. The summed E-state index contributed by atoms with van der Waals surface area (Å²) in [4.78, 5) is 63.8. The molecule has 16 heteroatoms. The van der Waals surface area contributed by atoms with Crippen LogP contribution in [0.3, 0.4) is 0 Å². The van der Waals surface area contributed by atoms with Crippen molar-refractivity contribution in [1.29, 1.82) is 0 Å². The number of carbonyl (C=O) groups is 5. The number of hydrogen-bond acceptors (Lipinski definition) is 8. The third-order valence-corrected chi connectivity index (χ3v) is 6.07. The van der Waals surface area contributed by atoms with Gasteiger partial charge in [-0.1, -0.05) is 12.1 Å². The predicted molar refractivity (Wildman–Crippen MR) is 116 cm³/mol. The Morgan fingerprint density at radius 2 is 1.74 bits per heavy atom. The summed E-state index contributed by atoms with van der Waals surface area (Å²) >= 11 is 0. The fraction of sp³-hybridized carbons (Fsp3) is 0.389. The summed E-state index contributed by atoms with van der Waals surface area (Å²) in [5.74, 6) is -4.05. The van der Waals surface area contributed by atoms with Gasteiger partial charge in [0.25, 0.3) is 5.91 Å². The molecule has 0 aliphatic carbocycles. The number of rotatable bonds is 6. The molecular formula is C18H22N5NaO9S. The van der Waals surface area contributed by atoms with E-state index in [0.717, 1.165) is 0 Å². The second-order valence-electron chi connectivity index (χ2n) is 7.22. The van der Waals surface area contributed by atoms with Gasteiger partial charge in [0.1, 0.15) is 17.8 Å². The van der Waals surface area contributed by atoms with Crippen LogP contribution in [0, 0.1) is 0 Å². The van der Waals surface area contributed by atoms with Gasteiger partial charge in [-0.25, -0.2) is 9.10 Å². The molecular weight excluding hydrogens is 485 g/mol. The number of benzene rings is 1. The number of aromatic hydroxyl groups is 1. The molecule has 0 saturated carbocycles. The van der Waals surface area contributed by atoms with Gasteiger partial charge in [-0.05, 0) is 24.6 Å². The zero-order valence-corrected chi connectivity index (χ0v) is 18.1. The van der Waals surface area contributed by atoms with Crippen LogP contribution in [0.1, 0.15) is 18.5 Å². The molecule has 3 rings (SSSR count). The first-order valence-corrected chi connectivity index (χ1v) is 11.1. The summed E-state index contributed by atoms with van der Waals surface area (Å²) in [5, 5.41) is 14.1. The molecule has 34 heavy (non-hydrogen) atoms. The third kappa shape index (κ3) is 5.67. The number of amides is 6. The summed E-state index contributed by atoms with van der Waals surface area (Å²) in [6, 6.07) is 1.35. The Morgan fingerprint density at radius 1 is 1.12 bits per heavy atom. The van der Waals surface area contributed by atoms with E-state index in [4.69, 9.17) is 4.55 Å². The number of carbonyl (C=O) groups excluding carboxylic acids is 5. The summed E-state index contributed by atoms with van der Waals surface area (Å²) in [7, 11) is -4.76. The van der Waals surface area contributed by atoms with Gasteiger partial charge in [0.2, 0.25) is 5.91 Å². The van der Waals surface area contributed by atoms with Crippen molar-refractivity contribution in [2.45, 2.75) is 19.0 Å². The van der Waals surface area contributed by atoms with Gasteiger partial charge in [0.15, 0.2) is 0 Å². The van der Waals surface area contributed by atoms with Gasteiger partial charge in [0, 0.05) is 19.6 Å². The number of imide groups is 1. The van der Waals surface area contributed by atoms with E-state index in [-0.39, 0.29) is 64.8 Å². The van der Waals surface area contributed by atoms with Crippen LogP contribution in [0.4, 0.5) is 4.79 Å². The van der Waals surface area contributed by atoms with Crippen molar-refractivity contribution in [3.63, 3.8) is 0 Å². The Labute approximate surface area is 216 Å². The minimum atomic E-state index is -4.76. The molecule has 180 valence electrons. The van der Waals surface area contributed by atoms with Crippen molar-refractivity contribution in [3.8, 4) is 5.75 Å². The molecule has 4 N–H and O–H groups in total. The van der Waals surface area contributed by atoms with Gasteiger partial charge in [-0.3, -0.25) is 28.6 Å². The number of hydrogen-bond donors (Lipinski definition) is 4. The van der Waals surface area contributed by atoms with E-state index in [2.05, 4.69) is 10.6 Å².